The van der Waals surface area contributed by atoms with Gasteiger partial charge in [0.25, 0.3) is 5.91 Å². The molecule has 0 radical (unpaired) electrons. The topological polar surface area (TPSA) is 71.2 Å². The van der Waals surface area contributed by atoms with Gasteiger partial charge in [0.1, 0.15) is 5.82 Å². The minimum Gasteiger partial charge on any atom is -0.356 e. The van der Waals surface area contributed by atoms with Crippen molar-refractivity contribution in [3.05, 3.63) is 23.9 Å². The van der Waals surface area contributed by atoms with Gasteiger partial charge >= 0.3 is 0 Å². The van der Waals surface area contributed by atoms with Crippen LogP contribution in [0, 0.1) is 11.8 Å². The predicted octanol–water partition coefficient (Wildman–Crippen LogP) is 2.71. The Kier molecular flexibility index (Phi) is 4.93. The second kappa shape index (κ2) is 7.32. The van der Waals surface area contributed by atoms with E-state index in [1.807, 2.05) is 12.1 Å². The standard InChI is InChI=1S/C20H30N4O/c21-16-12-14-6-4-7-15(13-16)18(14)23-20(25)17-8-5-9-22-19(17)24-10-2-1-3-11-24/h5,8-9,14-16,18H,1-4,6-7,10-13,21H2,(H,23,25). The first-order chi connectivity index (χ1) is 12.2. The average Bonchev–Trinajstić information content (AvgIpc) is 2.63. The van der Waals surface area contributed by atoms with E-state index in [9.17, 15) is 4.79 Å². The van der Waals surface area contributed by atoms with Crippen molar-refractivity contribution in [2.24, 2.45) is 17.6 Å². The van der Waals surface area contributed by atoms with Crippen molar-refractivity contribution in [1.29, 1.82) is 0 Å². The Labute approximate surface area is 150 Å². The number of anilines is 1. The summed E-state index contributed by atoms with van der Waals surface area (Å²) in [6.07, 6.45) is 11.2. The zero-order valence-corrected chi connectivity index (χ0v) is 15.0. The van der Waals surface area contributed by atoms with Crippen LogP contribution in [0.5, 0.6) is 0 Å². The van der Waals surface area contributed by atoms with Crippen molar-refractivity contribution in [2.75, 3.05) is 18.0 Å². The summed E-state index contributed by atoms with van der Waals surface area (Å²) < 4.78 is 0. The fourth-order valence-electron chi connectivity index (χ4n) is 5.19. The van der Waals surface area contributed by atoms with Gasteiger partial charge in [-0.3, -0.25) is 4.79 Å². The smallest absolute Gasteiger partial charge is 0.255 e. The van der Waals surface area contributed by atoms with Gasteiger partial charge in [-0.25, -0.2) is 4.98 Å². The molecule has 2 aliphatic carbocycles. The molecule has 3 fully saturated rings. The molecule has 3 aliphatic rings. The summed E-state index contributed by atoms with van der Waals surface area (Å²) in [5, 5.41) is 3.38. The second-order valence-electron chi connectivity index (χ2n) is 8.10. The largest absolute Gasteiger partial charge is 0.356 e. The molecular formula is C20H30N4O. The van der Waals surface area contributed by atoms with E-state index in [0.717, 1.165) is 37.3 Å². The zero-order chi connectivity index (χ0) is 17.2. The number of carbonyl (C=O) groups is 1. The van der Waals surface area contributed by atoms with E-state index in [-0.39, 0.29) is 11.9 Å². The normalized spacial score (nSPS) is 32.3. The summed E-state index contributed by atoms with van der Waals surface area (Å²) in [7, 11) is 0. The van der Waals surface area contributed by atoms with Gasteiger partial charge in [-0.1, -0.05) is 6.42 Å². The molecule has 136 valence electrons. The van der Waals surface area contributed by atoms with Crippen molar-refractivity contribution in [3.63, 3.8) is 0 Å². The SMILES string of the molecule is NC1CC2CCCC(C1)C2NC(=O)c1cccnc1N1CCCCC1. The van der Waals surface area contributed by atoms with Crippen LogP contribution in [-0.4, -0.2) is 36.1 Å². The minimum absolute atomic E-state index is 0.0473. The van der Waals surface area contributed by atoms with Crippen LogP contribution in [-0.2, 0) is 0 Å². The number of nitrogens with one attached hydrogen (secondary N) is 1. The third kappa shape index (κ3) is 3.52. The molecule has 3 N–H and O–H groups in total. The van der Waals surface area contributed by atoms with Crippen LogP contribution in [0.2, 0.25) is 0 Å². The Hall–Kier alpha value is -1.62. The van der Waals surface area contributed by atoms with Gasteiger partial charge in [-0.2, -0.15) is 0 Å². The fraction of sp³-hybridized carbons (Fsp3) is 0.700. The van der Waals surface area contributed by atoms with E-state index in [4.69, 9.17) is 5.73 Å². The van der Waals surface area contributed by atoms with Gasteiger partial charge < -0.3 is 16.0 Å². The number of pyridine rings is 1. The maximum absolute atomic E-state index is 13.1. The molecule has 2 heterocycles. The van der Waals surface area contributed by atoms with E-state index in [0.29, 0.717) is 17.9 Å². The molecule has 0 aromatic carbocycles. The molecular weight excluding hydrogens is 312 g/mol. The summed E-state index contributed by atoms with van der Waals surface area (Å²) in [4.78, 5) is 19.9. The number of rotatable bonds is 3. The molecule has 1 amide bonds. The highest BCUT2D eigenvalue weighted by molar-refractivity contribution is 5.99. The number of piperidine rings is 1. The van der Waals surface area contributed by atoms with Crippen molar-refractivity contribution < 1.29 is 4.79 Å². The summed E-state index contributed by atoms with van der Waals surface area (Å²) in [5.74, 6) is 1.99. The van der Waals surface area contributed by atoms with E-state index < -0.39 is 0 Å². The Bertz CT molecular complexity index is 599. The highest BCUT2D eigenvalue weighted by Gasteiger charge is 2.40. The molecule has 1 aromatic rings. The van der Waals surface area contributed by atoms with Gasteiger partial charge in [-0.15, -0.1) is 0 Å². The Morgan fingerprint density at radius 3 is 2.56 bits per heavy atom. The first-order valence-corrected chi connectivity index (χ1v) is 9.99. The second-order valence-corrected chi connectivity index (χ2v) is 8.10. The van der Waals surface area contributed by atoms with Crippen LogP contribution in [0.25, 0.3) is 0 Å². The molecule has 2 saturated carbocycles. The lowest BCUT2D eigenvalue weighted by atomic mass is 9.67. The zero-order valence-electron chi connectivity index (χ0n) is 15.0. The van der Waals surface area contributed by atoms with Gasteiger partial charge in [0.05, 0.1) is 5.56 Å². The van der Waals surface area contributed by atoms with Crippen LogP contribution in [0.4, 0.5) is 5.82 Å². The number of hydrogen-bond donors (Lipinski definition) is 2. The number of carbonyl (C=O) groups excluding carboxylic acids is 1. The highest BCUT2D eigenvalue weighted by atomic mass is 16.1. The van der Waals surface area contributed by atoms with E-state index in [1.165, 1.54) is 38.5 Å². The molecule has 1 aromatic heterocycles. The van der Waals surface area contributed by atoms with Crippen molar-refractivity contribution >= 4 is 11.7 Å². The van der Waals surface area contributed by atoms with Crippen LogP contribution >= 0.6 is 0 Å². The number of nitrogens with zero attached hydrogens (tertiary/aromatic N) is 2. The Balaban J connectivity index is 1.51. The van der Waals surface area contributed by atoms with Gasteiger partial charge in [0, 0.05) is 31.4 Å². The highest BCUT2D eigenvalue weighted by Crippen LogP contribution is 2.40. The van der Waals surface area contributed by atoms with Crippen LogP contribution in [0.1, 0.15) is 61.7 Å². The molecule has 2 atom stereocenters. The summed E-state index contributed by atoms with van der Waals surface area (Å²) >= 11 is 0. The average molecular weight is 342 g/mol. The molecule has 0 spiro atoms. The molecule has 2 bridgehead atoms. The number of nitrogens with two attached hydrogens (primary N) is 1. The van der Waals surface area contributed by atoms with Crippen molar-refractivity contribution in [2.45, 2.75) is 63.5 Å². The van der Waals surface area contributed by atoms with Gasteiger partial charge in [0.2, 0.25) is 0 Å². The Morgan fingerprint density at radius 1 is 1.12 bits per heavy atom. The third-order valence-corrected chi connectivity index (χ3v) is 6.36. The first-order valence-electron chi connectivity index (χ1n) is 9.99. The van der Waals surface area contributed by atoms with Crippen LogP contribution in [0.15, 0.2) is 18.3 Å². The number of hydrogen-bond acceptors (Lipinski definition) is 4. The molecule has 5 heteroatoms. The van der Waals surface area contributed by atoms with Crippen molar-refractivity contribution in [1.82, 2.24) is 10.3 Å². The van der Waals surface area contributed by atoms with E-state index in [1.54, 1.807) is 6.20 Å². The molecule has 1 saturated heterocycles. The van der Waals surface area contributed by atoms with Crippen molar-refractivity contribution in [3.8, 4) is 0 Å². The molecule has 4 rings (SSSR count). The van der Waals surface area contributed by atoms with E-state index in [2.05, 4.69) is 15.2 Å². The fourth-order valence-corrected chi connectivity index (χ4v) is 5.19. The lowest BCUT2D eigenvalue weighted by Crippen LogP contribution is -2.53. The molecule has 1 aliphatic heterocycles. The summed E-state index contributed by atoms with van der Waals surface area (Å²) in [6, 6.07) is 4.40. The van der Waals surface area contributed by atoms with Gasteiger partial charge in [-0.05, 0) is 68.9 Å². The molecule has 5 nitrogen and oxygen atoms in total. The quantitative estimate of drug-likeness (QED) is 0.886. The predicted molar refractivity (Wildman–Crippen MR) is 99.6 cm³/mol. The van der Waals surface area contributed by atoms with Crippen LogP contribution < -0.4 is 16.0 Å². The monoisotopic (exact) mass is 342 g/mol. The maximum Gasteiger partial charge on any atom is 0.255 e. The lowest BCUT2D eigenvalue weighted by molar-refractivity contribution is 0.0756. The number of amides is 1. The minimum atomic E-state index is 0.0473. The molecule has 2 unspecified atom stereocenters. The summed E-state index contributed by atoms with van der Waals surface area (Å²) in [5.41, 5.74) is 6.96. The lowest BCUT2D eigenvalue weighted by Gasteiger charge is -2.45. The third-order valence-electron chi connectivity index (χ3n) is 6.36. The van der Waals surface area contributed by atoms with Crippen LogP contribution in [0.3, 0.4) is 0 Å². The first kappa shape index (κ1) is 16.8. The van der Waals surface area contributed by atoms with Gasteiger partial charge in [0.15, 0.2) is 0 Å². The van der Waals surface area contributed by atoms with E-state index >= 15 is 0 Å². The number of aromatic nitrogens is 1. The summed E-state index contributed by atoms with van der Waals surface area (Å²) in [6.45, 7) is 2.00. The molecule has 25 heavy (non-hydrogen) atoms. The maximum atomic E-state index is 13.1. The number of fused-ring (bicyclic) bond motifs is 2. The Morgan fingerprint density at radius 2 is 1.84 bits per heavy atom.